The Bertz CT molecular complexity index is 694. The number of benzene rings is 1. The summed E-state index contributed by atoms with van der Waals surface area (Å²) >= 11 is 0. The van der Waals surface area contributed by atoms with Crippen molar-refractivity contribution in [2.45, 2.75) is 33.7 Å². The molecule has 24 heavy (non-hydrogen) atoms. The van der Waals surface area contributed by atoms with E-state index in [0.717, 1.165) is 13.1 Å². The Kier molecular flexibility index (Phi) is 6.09. The van der Waals surface area contributed by atoms with Gasteiger partial charge in [-0.15, -0.1) is 0 Å². The summed E-state index contributed by atoms with van der Waals surface area (Å²) in [5, 5.41) is 7.16. The molecule has 5 nitrogen and oxygen atoms in total. The third-order valence-corrected chi connectivity index (χ3v) is 4.19. The maximum atomic E-state index is 13.9. The molecule has 6 heteroatoms. The Morgan fingerprint density at radius 3 is 2.62 bits per heavy atom. The summed E-state index contributed by atoms with van der Waals surface area (Å²) in [4.78, 5) is 14.6. The van der Waals surface area contributed by atoms with Crippen molar-refractivity contribution in [2.75, 3.05) is 19.6 Å². The minimum atomic E-state index is -0.370. The van der Waals surface area contributed by atoms with Gasteiger partial charge in [-0.1, -0.05) is 26.0 Å². The van der Waals surface area contributed by atoms with Gasteiger partial charge in [-0.25, -0.2) is 9.07 Å². The second kappa shape index (κ2) is 8.06. The molecule has 0 aliphatic rings. The second-order valence-electron chi connectivity index (χ2n) is 5.81. The predicted molar refractivity (Wildman–Crippen MR) is 93.0 cm³/mol. The zero-order valence-electron chi connectivity index (χ0n) is 14.7. The van der Waals surface area contributed by atoms with E-state index in [1.54, 1.807) is 31.2 Å². The van der Waals surface area contributed by atoms with Crippen LogP contribution in [0.3, 0.4) is 0 Å². The van der Waals surface area contributed by atoms with E-state index in [0.29, 0.717) is 23.6 Å². The van der Waals surface area contributed by atoms with Gasteiger partial charge in [0.05, 0.1) is 0 Å². The smallest absolute Gasteiger partial charge is 0.271 e. The largest absolute Gasteiger partial charge is 0.349 e. The molecule has 0 saturated heterocycles. The van der Waals surface area contributed by atoms with Crippen LogP contribution in [0.1, 0.15) is 37.0 Å². The van der Waals surface area contributed by atoms with Gasteiger partial charge in [0.2, 0.25) is 0 Å². The summed E-state index contributed by atoms with van der Waals surface area (Å²) in [6.07, 6.45) is 0. The molecule has 1 atom stereocenters. The molecule has 1 aromatic carbocycles. The van der Waals surface area contributed by atoms with E-state index in [1.807, 2.05) is 0 Å². The average molecular weight is 332 g/mol. The first-order chi connectivity index (χ1) is 11.5. The Morgan fingerprint density at radius 1 is 1.33 bits per heavy atom. The standard InChI is InChI=1S/C18H25FN4O/c1-5-22(6-2)14(4)12-20-18(24)16-11-13(3)23(21-16)17-10-8-7-9-15(17)19/h7-11,14H,5-6,12H2,1-4H3,(H,20,24). The van der Waals surface area contributed by atoms with E-state index in [1.165, 1.54) is 10.7 Å². The van der Waals surface area contributed by atoms with Crippen LogP contribution in [0.2, 0.25) is 0 Å². The van der Waals surface area contributed by atoms with Crippen molar-refractivity contribution in [1.82, 2.24) is 20.0 Å². The number of carbonyl (C=O) groups excluding carboxylic acids is 1. The van der Waals surface area contributed by atoms with Gasteiger partial charge in [-0.3, -0.25) is 9.69 Å². The van der Waals surface area contributed by atoms with E-state index >= 15 is 0 Å². The summed E-state index contributed by atoms with van der Waals surface area (Å²) in [6.45, 7) is 10.5. The van der Waals surface area contributed by atoms with Crippen LogP contribution in [0.25, 0.3) is 5.69 Å². The first-order valence-corrected chi connectivity index (χ1v) is 8.31. The quantitative estimate of drug-likeness (QED) is 0.848. The summed E-state index contributed by atoms with van der Waals surface area (Å²) in [6, 6.07) is 8.30. The normalized spacial score (nSPS) is 12.4. The molecule has 0 radical (unpaired) electrons. The molecule has 2 rings (SSSR count). The number of hydrogen-bond acceptors (Lipinski definition) is 3. The van der Waals surface area contributed by atoms with Gasteiger partial charge < -0.3 is 5.32 Å². The number of rotatable bonds is 7. The maximum Gasteiger partial charge on any atom is 0.271 e. The Morgan fingerprint density at radius 2 is 2.00 bits per heavy atom. The molecule has 130 valence electrons. The summed E-state index contributed by atoms with van der Waals surface area (Å²) < 4.78 is 15.4. The topological polar surface area (TPSA) is 50.2 Å². The average Bonchev–Trinajstić information content (AvgIpc) is 2.96. The molecule has 0 spiro atoms. The van der Waals surface area contributed by atoms with E-state index < -0.39 is 0 Å². The van der Waals surface area contributed by atoms with Crippen LogP contribution >= 0.6 is 0 Å². The fourth-order valence-corrected chi connectivity index (χ4v) is 2.76. The van der Waals surface area contributed by atoms with Gasteiger partial charge in [0.1, 0.15) is 11.5 Å². The summed E-state index contributed by atoms with van der Waals surface area (Å²) in [5.41, 5.74) is 1.34. The minimum Gasteiger partial charge on any atom is -0.349 e. The molecule has 2 aromatic rings. The SMILES string of the molecule is CCN(CC)C(C)CNC(=O)c1cc(C)n(-c2ccccc2F)n1. The fourth-order valence-electron chi connectivity index (χ4n) is 2.76. The van der Waals surface area contributed by atoms with Crippen LogP contribution in [-0.4, -0.2) is 46.3 Å². The lowest BCUT2D eigenvalue weighted by atomic mass is 10.2. The van der Waals surface area contributed by atoms with Crippen LogP contribution in [0.5, 0.6) is 0 Å². The van der Waals surface area contributed by atoms with E-state index in [2.05, 4.69) is 36.1 Å². The molecule has 0 aliphatic carbocycles. The van der Waals surface area contributed by atoms with Crippen molar-refractivity contribution in [3.63, 3.8) is 0 Å². The number of para-hydroxylation sites is 1. The predicted octanol–water partition coefficient (Wildman–Crippen LogP) is 2.78. The summed E-state index contributed by atoms with van der Waals surface area (Å²) in [7, 11) is 0. The Hall–Kier alpha value is -2.21. The van der Waals surface area contributed by atoms with E-state index in [4.69, 9.17) is 0 Å². The minimum absolute atomic E-state index is 0.243. The Labute approximate surface area is 142 Å². The molecule has 1 N–H and O–H groups in total. The highest BCUT2D eigenvalue weighted by Crippen LogP contribution is 2.15. The number of carbonyl (C=O) groups is 1. The van der Waals surface area contributed by atoms with Crippen LogP contribution in [-0.2, 0) is 0 Å². The number of likely N-dealkylation sites (N-methyl/N-ethyl adjacent to an activating group) is 1. The van der Waals surface area contributed by atoms with E-state index in [9.17, 15) is 9.18 Å². The van der Waals surface area contributed by atoms with Crippen LogP contribution in [0.4, 0.5) is 4.39 Å². The van der Waals surface area contributed by atoms with Crippen molar-refractivity contribution in [2.24, 2.45) is 0 Å². The zero-order valence-corrected chi connectivity index (χ0v) is 14.7. The number of hydrogen-bond donors (Lipinski definition) is 1. The van der Waals surface area contributed by atoms with Gasteiger partial charge in [-0.2, -0.15) is 5.10 Å². The van der Waals surface area contributed by atoms with Crippen LogP contribution in [0, 0.1) is 12.7 Å². The van der Waals surface area contributed by atoms with Crippen molar-refractivity contribution in [3.8, 4) is 5.69 Å². The lowest BCUT2D eigenvalue weighted by molar-refractivity contribution is 0.0932. The van der Waals surface area contributed by atoms with Gasteiger partial charge in [-0.05, 0) is 45.1 Å². The first-order valence-electron chi connectivity index (χ1n) is 8.31. The van der Waals surface area contributed by atoms with Crippen LogP contribution in [0.15, 0.2) is 30.3 Å². The highest BCUT2D eigenvalue weighted by atomic mass is 19.1. The number of nitrogens with one attached hydrogen (secondary N) is 1. The van der Waals surface area contributed by atoms with Crippen molar-refractivity contribution < 1.29 is 9.18 Å². The van der Waals surface area contributed by atoms with Crippen molar-refractivity contribution >= 4 is 5.91 Å². The van der Waals surface area contributed by atoms with Crippen molar-refractivity contribution in [1.29, 1.82) is 0 Å². The first kappa shape index (κ1) is 18.1. The highest BCUT2D eigenvalue weighted by molar-refractivity contribution is 5.92. The molecule has 1 heterocycles. The fraction of sp³-hybridized carbons (Fsp3) is 0.444. The van der Waals surface area contributed by atoms with Gasteiger partial charge >= 0.3 is 0 Å². The molecule has 1 aromatic heterocycles. The highest BCUT2D eigenvalue weighted by Gasteiger charge is 2.17. The number of amides is 1. The van der Waals surface area contributed by atoms with Gasteiger partial charge in [0, 0.05) is 18.3 Å². The molecule has 1 amide bonds. The Balaban J connectivity index is 2.09. The number of aryl methyl sites for hydroxylation is 1. The molecule has 0 bridgehead atoms. The number of halogens is 1. The molecule has 1 unspecified atom stereocenters. The second-order valence-corrected chi connectivity index (χ2v) is 5.81. The lowest BCUT2D eigenvalue weighted by Gasteiger charge is -2.26. The number of aromatic nitrogens is 2. The van der Waals surface area contributed by atoms with Crippen molar-refractivity contribution in [3.05, 3.63) is 47.5 Å². The molecule has 0 aliphatic heterocycles. The molecule has 0 fully saturated rings. The van der Waals surface area contributed by atoms with Gasteiger partial charge in [0.15, 0.2) is 5.69 Å². The monoisotopic (exact) mass is 332 g/mol. The zero-order chi connectivity index (χ0) is 17.7. The number of nitrogens with zero attached hydrogens (tertiary/aromatic N) is 3. The third kappa shape index (κ3) is 4.00. The van der Waals surface area contributed by atoms with Gasteiger partial charge in [0.25, 0.3) is 5.91 Å². The summed E-state index contributed by atoms with van der Waals surface area (Å²) in [5.74, 6) is -0.613. The van der Waals surface area contributed by atoms with E-state index in [-0.39, 0.29) is 17.8 Å². The maximum absolute atomic E-state index is 13.9. The molecule has 0 saturated carbocycles. The lowest BCUT2D eigenvalue weighted by Crippen LogP contribution is -2.42. The molecular weight excluding hydrogens is 307 g/mol. The molecular formula is C18H25FN4O. The third-order valence-electron chi connectivity index (χ3n) is 4.19. The van der Waals surface area contributed by atoms with Crippen LogP contribution < -0.4 is 5.32 Å².